The molecule has 7 heteroatoms. The SMILES string of the molecule is CC(C)c1ccc([C@H](C)Nc2ccc(C(=O)N3CCOCC3)cc2[N+](=O)[O-])cc1. The minimum Gasteiger partial charge on any atom is -0.378 e. The molecule has 154 valence electrons. The lowest BCUT2D eigenvalue weighted by Gasteiger charge is -2.27. The lowest BCUT2D eigenvalue weighted by Crippen LogP contribution is -2.40. The molecule has 1 aliphatic heterocycles. The quantitative estimate of drug-likeness (QED) is 0.578. The van der Waals surface area contributed by atoms with Gasteiger partial charge in [0.1, 0.15) is 5.69 Å². The summed E-state index contributed by atoms with van der Waals surface area (Å²) in [6.45, 7) is 8.20. The summed E-state index contributed by atoms with van der Waals surface area (Å²) in [5, 5.41) is 14.8. The molecule has 1 atom stereocenters. The molecule has 0 unspecified atom stereocenters. The molecule has 1 saturated heterocycles. The van der Waals surface area contributed by atoms with Crippen LogP contribution in [0.25, 0.3) is 0 Å². The molecule has 1 amide bonds. The number of nitro benzene ring substituents is 1. The maximum atomic E-state index is 12.6. The molecular formula is C22H27N3O4. The van der Waals surface area contributed by atoms with Gasteiger partial charge in [-0.2, -0.15) is 0 Å². The van der Waals surface area contributed by atoms with E-state index in [9.17, 15) is 14.9 Å². The summed E-state index contributed by atoms with van der Waals surface area (Å²) in [6, 6.07) is 12.7. The number of carbonyl (C=O) groups excluding carboxylic acids is 1. The Bertz CT molecular complexity index is 874. The third-order valence-electron chi connectivity index (χ3n) is 5.21. The van der Waals surface area contributed by atoms with Crippen molar-refractivity contribution in [3.05, 3.63) is 69.3 Å². The van der Waals surface area contributed by atoms with E-state index >= 15 is 0 Å². The number of nitrogens with one attached hydrogen (secondary N) is 1. The van der Waals surface area contributed by atoms with Crippen LogP contribution in [0.15, 0.2) is 42.5 Å². The average molecular weight is 397 g/mol. The molecule has 2 aromatic carbocycles. The van der Waals surface area contributed by atoms with E-state index in [0.29, 0.717) is 43.5 Å². The number of amides is 1. The number of hydrogen-bond acceptors (Lipinski definition) is 5. The van der Waals surface area contributed by atoms with Gasteiger partial charge in [-0.05, 0) is 36.1 Å². The van der Waals surface area contributed by atoms with E-state index < -0.39 is 4.92 Å². The van der Waals surface area contributed by atoms with Crippen molar-refractivity contribution in [3.63, 3.8) is 0 Å². The second kappa shape index (κ2) is 9.05. The maximum Gasteiger partial charge on any atom is 0.293 e. The molecular weight excluding hydrogens is 370 g/mol. The zero-order chi connectivity index (χ0) is 21.0. The molecule has 0 saturated carbocycles. The van der Waals surface area contributed by atoms with Crippen molar-refractivity contribution < 1.29 is 14.5 Å². The van der Waals surface area contributed by atoms with Crippen molar-refractivity contribution in [2.24, 2.45) is 0 Å². The van der Waals surface area contributed by atoms with Gasteiger partial charge in [0.2, 0.25) is 0 Å². The van der Waals surface area contributed by atoms with Crippen LogP contribution in [-0.4, -0.2) is 42.0 Å². The molecule has 1 fully saturated rings. The Morgan fingerprint density at radius 3 is 2.28 bits per heavy atom. The molecule has 0 radical (unpaired) electrons. The smallest absolute Gasteiger partial charge is 0.293 e. The van der Waals surface area contributed by atoms with Gasteiger partial charge in [-0.25, -0.2) is 0 Å². The predicted molar refractivity (Wildman–Crippen MR) is 112 cm³/mol. The fourth-order valence-electron chi connectivity index (χ4n) is 3.37. The Hall–Kier alpha value is -2.93. The summed E-state index contributed by atoms with van der Waals surface area (Å²) in [5.41, 5.74) is 2.90. The number of rotatable bonds is 6. The van der Waals surface area contributed by atoms with Crippen LogP contribution in [0, 0.1) is 10.1 Å². The number of carbonyl (C=O) groups is 1. The minimum absolute atomic E-state index is 0.102. The summed E-state index contributed by atoms with van der Waals surface area (Å²) < 4.78 is 5.26. The highest BCUT2D eigenvalue weighted by Crippen LogP contribution is 2.30. The van der Waals surface area contributed by atoms with E-state index in [1.165, 1.54) is 11.6 Å². The molecule has 0 spiro atoms. The Kier molecular flexibility index (Phi) is 6.49. The maximum absolute atomic E-state index is 12.6. The second-order valence-corrected chi connectivity index (χ2v) is 7.58. The molecule has 29 heavy (non-hydrogen) atoms. The van der Waals surface area contributed by atoms with E-state index in [0.717, 1.165) is 5.56 Å². The van der Waals surface area contributed by atoms with E-state index in [1.807, 2.05) is 19.1 Å². The first-order valence-electron chi connectivity index (χ1n) is 9.88. The van der Waals surface area contributed by atoms with Crippen LogP contribution in [0.3, 0.4) is 0 Å². The predicted octanol–water partition coefficient (Wildman–Crippen LogP) is 4.36. The van der Waals surface area contributed by atoms with Crippen LogP contribution >= 0.6 is 0 Å². The van der Waals surface area contributed by atoms with Gasteiger partial charge in [-0.15, -0.1) is 0 Å². The number of morpholine rings is 1. The van der Waals surface area contributed by atoms with Gasteiger partial charge in [0, 0.05) is 30.8 Å². The van der Waals surface area contributed by atoms with E-state index in [2.05, 4.69) is 31.3 Å². The van der Waals surface area contributed by atoms with E-state index in [-0.39, 0.29) is 17.6 Å². The van der Waals surface area contributed by atoms with Crippen molar-refractivity contribution >= 4 is 17.3 Å². The molecule has 0 bridgehead atoms. The third kappa shape index (κ3) is 4.92. The molecule has 0 aromatic heterocycles. The second-order valence-electron chi connectivity index (χ2n) is 7.58. The van der Waals surface area contributed by atoms with Crippen LogP contribution < -0.4 is 5.32 Å². The van der Waals surface area contributed by atoms with Gasteiger partial charge in [0.25, 0.3) is 11.6 Å². The zero-order valence-corrected chi connectivity index (χ0v) is 17.1. The van der Waals surface area contributed by atoms with E-state index in [1.54, 1.807) is 17.0 Å². The number of benzene rings is 2. The highest BCUT2D eigenvalue weighted by Gasteiger charge is 2.23. The van der Waals surface area contributed by atoms with E-state index in [4.69, 9.17) is 4.74 Å². The van der Waals surface area contributed by atoms with Crippen molar-refractivity contribution in [1.29, 1.82) is 0 Å². The van der Waals surface area contributed by atoms with Crippen LogP contribution in [0.2, 0.25) is 0 Å². The number of nitrogens with zero attached hydrogens (tertiary/aromatic N) is 2. The first kappa shape index (κ1) is 20.8. The van der Waals surface area contributed by atoms with Crippen molar-refractivity contribution in [1.82, 2.24) is 4.90 Å². The molecule has 2 aromatic rings. The van der Waals surface area contributed by atoms with Gasteiger partial charge in [0.15, 0.2) is 0 Å². The lowest BCUT2D eigenvalue weighted by molar-refractivity contribution is -0.384. The van der Waals surface area contributed by atoms with Gasteiger partial charge in [0.05, 0.1) is 18.1 Å². The van der Waals surface area contributed by atoms with Crippen LogP contribution in [0.4, 0.5) is 11.4 Å². The van der Waals surface area contributed by atoms with Crippen LogP contribution in [0.1, 0.15) is 54.2 Å². The van der Waals surface area contributed by atoms with Gasteiger partial charge < -0.3 is 15.0 Å². The fraction of sp³-hybridized carbons (Fsp3) is 0.409. The summed E-state index contributed by atoms with van der Waals surface area (Å²) in [5.74, 6) is 0.241. The normalized spacial score (nSPS) is 15.2. The fourth-order valence-corrected chi connectivity index (χ4v) is 3.37. The summed E-state index contributed by atoms with van der Waals surface area (Å²) in [7, 11) is 0. The average Bonchev–Trinajstić information content (AvgIpc) is 2.74. The first-order chi connectivity index (χ1) is 13.9. The monoisotopic (exact) mass is 397 g/mol. The Morgan fingerprint density at radius 1 is 1.07 bits per heavy atom. The Morgan fingerprint density at radius 2 is 1.69 bits per heavy atom. The highest BCUT2D eigenvalue weighted by molar-refractivity contribution is 5.95. The summed E-state index contributed by atoms with van der Waals surface area (Å²) >= 11 is 0. The molecule has 1 heterocycles. The lowest BCUT2D eigenvalue weighted by atomic mass is 9.99. The standard InChI is InChI=1S/C22H27N3O4/c1-15(2)17-4-6-18(7-5-17)16(3)23-20-9-8-19(14-21(20)25(27)28)22(26)24-10-12-29-13-11-24/h4-9,14-16,23H,10-13H2,1-3H3/t16-/m0/s1. The summed E-state index contributed by atoms with van der Waals surface area (Å²) in [6.07, 6.45) is 0. The largest absolute Gasteiger partial charge is 0.378 e. The molecule has 7 nitrogen and oxygen atoms in total. The topological polar surface area (TPSA) is 84.7 Å². The van der Waals surface area contributed by atoms with Gasteiger partial charge >= 0.3 is 0 Å². The zero-order valence-electron chi connectivity index (χ0n) is 17.1. The van der Waals surface area contributed by atoms with Crippen molar-refractivity contribution in [2.75, 3.05) is 31.6 Å². The number of nitro groups is 1. The number of anilines is 1. The van der Waals surface area contributed by atoms with Crippen molar-refractivity contribution in [3.8, 4) is 0 Å². The molecule has 1 aliphatic rings. The molecule has 0 aliphatic carbocycles. The van der Waals surface area contributed by atoms with Crippen LogP contribution in [-0.2, 0) is 4.74 Å². The van der Waals surface area contributed by atoms with Gasteiger partial charge in [-0.3, -0.25) is 14.9 Å². The number of ether oxygens (including phenoxy) is 1. The van der Waals surface area contributed by atoms with Crippen LogP contribution in [0.5, 0.6) is 0 Å². The number of hydrogen-bond donors (Lipinski definition) is 1. The Balaban J connectivity index is 1.79. The Labute approximate surface area is 170 Å². The third-order valence-corrected chi connectivity index (χ3v) is 5.21. The minimum atomic E-state index is -0.451. The molecule has 3 rings (SSSR count). The summed E-state index contributed by atoms with van der Waals surface area (Å²) in [4.78, 5) is 25.5. The molecule has 1 N–H and O–H groups in total. The van der Waals surface area contributed by atoms with Gasteiger partial charge in [-0.1, -0.05) is 38.1 Å². The first-order valence-corrected chi connectivity index (χ1v) is 9.88. The van der Waals surface area contributed by atoms with Crippen molar-refractivity contribution in [2.45, 2.75) is 32.7 Å². The highest BCUT2D eigenvalue weighted by atomic mass is 16.6.